The fourth-order valence-electron chi connectivity index (χ4n) is 3.65. The summed E-state index contributed by atoms with van der Waals surface area (Å²) in [4.78, 5) is 2.56. The maximum Gasteiger partial charge on any atom is 0.0460 e. The van der Waals surface area contributed by atoms with Crippen LogP contribution in [0.3, 0.4) is 0 Å². The second kappa shape index (κ2) is 7.39. The molecule has 3 nitrogen and oxygen atoms in total. The van der Waals surface area contributed by atoms with Crippen LogP contribution in [0.15, 0.2) is 30.3 Å². The Morgan fingerprint density at radius 2 is 1.86 bits per heavy atom. The first-order valence-corrected chi connectivity index (χ1v) is 8.12. The second-order valence-electron chi connectivity index (χ2n) is 7.02. The van der Waals surface area contributed by atoms with Crippen LogP contribution in [0.1, 0.15) is 38.3 Å². The van der Waals surface area contributed by atoms with E-state index in [0.717, 1.165) is 32.5 Å². The van der Waals surface area contributed by atoms with Gasteiger partial charge in [0.1, 0.15) is 0 Å². The van der Waals surface area contributed by atoms with Gasteiger partial charge in [0.05, 0.1) is 0 Å². The topological polar surface area (TPSA) is 35.5 Å². The highest BCUT2D eigenvalue weighted by atomic mass is 16.3. The van der Waals surface area contributed by atoms with E-state index in [4.69, 9.17) is 0 Å². The van der Waals surface area contributed by atoms with Crippen LogP contribution < -0.4 is 5.32 Å². The Morgan fingerprint density at radius 3 is 2.38 bits per heavy atom. The largest absolute Gasteiger partial charge is 0.396 e. The third-order valence-corrected chi connectivity index (χ3v) is 4.80. The van der Waals surface area contributed by atoms with E-state index in [-0.39, 0.29) is 5.41 Å². The summed E-state index contributed by atoms with van der Waals surface area (Å²) in [5.74, 6) is 0.513. The van der Waals surface area contributed by atoms with Gasteiger partial charge in [-0.05, 0) is 49.9 Å². The third-order valence-electron chi connectivity index (χ3n) is 4.80. The van der Waals surface area contributed by atoms with Gasteiger partial charge < -0.3 is 15.3 Å². The molecule has 118 valence electrons. The minimum absolute atomic E-state index is 0.169. The van der Waals surface area contributed by atoms with Crippen molar-refractivity contribution in [2.24, 2.45) is 11.3 Å². The fourth-order valence-corrected chi connectivity index (χ4v) is 3.65. The Bertz CT molecular complexity index is 410. The van der Waals surface area contributed by atoms with Crippen molar-refractivity contribution < 1.29 is 5.11 Å². The molecule has 1 aromatic rings. The molecule has 0 saturated carbocycles. The standard InChI is InChI=1S/C18H30N2O/c1-18(2,14-20-11-9-15(13-21)10-12-20)17(19-3)16-7-5-4-6-8-16/h4-8,15,17,19,21H,9-14H2,1-3H3. The molecule has 0 radical (unpaired) electrons. The minimum atomic E-state index is 0.169. The summed E-state index contributed by atoms with van der Waals surface area (Å²) in [5, 5.41) is 12.8. The van der Waals surface area contributed by atoms with Gasteiger partial charge in [-0.25, -0.2) is 0 Å². The zero-order valence-electron chi connectivity index (χ0n) is 13.7. The summed E-state index contributed by atoms with van der Waals surface area (Å²) in [6.45, 7) is 8.35. The van der Waals surface area contributed by atoms with Crippen LogP contribution in [0.4, 0.5) is 0 Å². The Labute approximate surface area is 129 Å². The predicted molar refractivity (Wildman–Crippen MR) is 88.3 cm³/mol. The van der Waals surface area contributed by atoms with Crippen molar-refractivity contribution >= 4 is 0 Å². The van der Waals surface area contributed by atoms with Crippen LogP contribution in [0.2, 0.25) is 0 Å². The maximum absolute atomic E-state index is 9.26. The summed E-state index contributed by atoms with van der Waals surface area (Å²) < 4.78 is 0. The molecule has 1 aliphatic rings. The number of nitrogens with zero attached hydrogens (tertiary/aromatic N) is 1. The molecule has 1 unspecified atom stereocenters. The van der Waals surface area contributed by atoms with Crippen molar-refractivity contribution in [2.75, 3.05) is 33.3 Å². The van der Waals surface area contributed by atoms with Crippen LogP contribution in [0, 0.1) is 11.3 Å². The average molecular weight is 290 g/mol. The number of aliphatic hydroxyl groups excluding tert-OH is 1. The highest BCUT2D eigenvalue weighted by molar-refractivity contribution is 5.21. The molecular weight excluding hydrogens is 260 g/mol. The molecule has 1 aromatic carbocycles. The molecule has 1 atom stereocenters. The van der Waals surface area contributed by atoms with Crippen LogP contribution in [0.5, 0.6) is 0 Å². The Kier molecular flexibility index (Phi) is 5.80. The normalized spacial score (nSPS) is 19.6. The molecule has 1 fully saturated rings. The van der Waals surface area contributed by atoms with E-state index in [1.807, 2.05) is 0 Å². The van der Waals surface area contributed by atoms with Gasteiger partial charge in [0, 0.05) is 19.2 Å². The molecular formula is C18H30N2O. The first-order chi connectivity index (χ1) is 10.1. The van der Waals surface area contributed by atoms with Crippen molar-refractivity contribution in [3.63, 3.8) is 0 Å². The van der Waals surface area contributed by atoms with E-state index < -0.39 is 0 Å². The summed E-state index contributed by atoms with van der Waals surface area (Å²) in [6.07, 6.45) is 2.25. The number of hydrogen-bond acceptors (Lipinski definition) is 3. The predicted octanol–water partition coefficient (Wildman–Crippen LogP) is 2.68. The van der Waals surface area contributed by atoms with Crippen molar-refractivity contribution in [1.82, 2.24) is 10.2 Å². The maximum atomic E-state index is 9.26. The van der Waals surface area contributed by atoms with E-state index in [1.54, 1.807) is 0 Å². The molecule has 2 N–H and O–H groups in total. The van der Waals surface area contributed by atoms with Gasteiger partial charge in [-0.3, -0.25) is 0 Å². The average Bonchev–Trinajstić information content (AvgIpc) is 2.49. The number of nitrogens with one attached hydrogen (secondary N) is 1. The Morgan fingerprint density at radius 1 is 1.24 bits per heavy atom. The van der Waals surface area contributed by atoms with Crippen LogP contribution >= 0.6 is 0 Å². The van der Waals surface area contributed by atoms with Gasteiger partial charge in [0.2, 0.25) is 0 Å². The van der Waals surface area contributed by atoms with Gasteiger partial charge in [-0.2, -0.15) is 0 Å². The van der Waals surface area contributed by atoms with E-state index >= 15 is 0 Å². The lowest BCUT2D eigenvalue weighted by Crippen LogP contribution is -2.45. The zero-order chi connectivity index (χ0) is 15.3. The van der Waals surface area contributed by atoms with Crippen LogP contribution in [-0.4, -0.2) is 43.3 Å². The number of piperidine rings is 1. The van der Waals surface area contributed by atoms with Gasteiger partial charge >= 0.3 is 0 Å². The van der Waals surface area contributed by atoms with Gasteiger partial charge in [-0.15, -0.1) is 0 Å². The smallest absolute Gasteiger partial charge is 0.0460 e. The van der Waals surface area contributed by atoms with Crippen molar-refractivity contribution in [3.05, 3.63) is 35.9 Å². The molecule has 1 saturated heterocycles. The zero-order valence-corrected chi connectivity index (χ0v) is 13.7. The van der Waals surface area contributed by atoms with Crippen molar-refractivity contribution in [2.45, 2.75) is 32.7 Å². The molecule has 3 heteroatoms. The highest BCUT2D eigenvalue weighted by Gasteiger charge is 2.32. The van der Waals surface area contributed by atoms with Crippen LogP contribution in [-0.2, 0) is 0 Å². The monoisotopic (exact) mass is 290 g/mol. The molecule has 21 heavy (non-hydrogen) atoms. The van der Waals surface area contributed by atoms with E-state index in [9.17, 15) is 5.11 Å². The quantitative estimate of drug-likeness (QED) is 0.845. The first kappa shape index (κ1) is 16.5. The van der Waals surface area contributed by atoms with E-state index in [0.29, 0.717) is 18.6 Å². The van der Waals surface area contributed by atoms with E-state index in [2.05, 4.69) is 61.4 Å². The summed E-state index contributed by atoms with van der Waals surface area (Å²) in [6, 6.07) is 11.1. The molecule has 0 bridgehead atoms. The Hall–Kier alpha value is -0.900. The number of likely N-dealkylation sites (tertiary alicyclic amines) is 1. The molecule has 0 spiro atoms. The Balaban J connectivity index is 2.00. The van der Waals surface area contributed by atoms with Crippen molar-refractivity contribution in [3.8, 4) is 0 Å². The fraction of sp³-hybridized carbons (Fsp3) is 0.667. The summed E-state index contributed by atoms with van der Waals surface area (Å²) in [7, 11) is 2.05. The van der Waals surface area contributed by atoms with Gasteiger partial charge in [0.25, 0.3) is 0 Å². The molecule has 1 aliphatic heterocycles. The number of rotatable bonds is 6. The lowest BCUT2D eigenvalue weighted by Gasteiger charge is -2.41. The lowest BCUT2D eigenvalue weighted by molar-refractivity contribution is 0.0855. The minimum Gasteiger partial charge on any atom is -0.396 e. The van der Waals surface area contributed by atoms with Crippen LogP contribution in [0.25, 0.3) is 0 Å². The number of hydrogen-bond donors (Lipinski definition) is 2. The number of benzene rings is 1. The second-order valence-corrected chi connectivity index (χ2v) is 7.02. The third kappa shape index (κ3) is 4.29. The molecule has 0 amide bonds. The van der Waals surface area contributed by atoms with Gasteiger partial charge in [-0.1, -0.05) is 44.2 Å². The molecule has 2 rings (SSSR count). The molecule has 0 aromatic heterocycles. The highest BCUT2D eigenvalue weighted by Crippen LogP contribution is 2.34. The number of aliphatic hydroxyl groups is 1. The van der Waals surface area contributed by atoms with E-state index in [1.165, 1.54) is 5.56 Å². The molecule has 1 heterocycles. The first-order valence-electron chi connectivity index (χ1n) is 8.12. The van der Waals surface area contributed by atoms with Gasteiger partial charge in [0.15, 0.2) is 0 Å². The molecule has 0 aliphatic carbocycles. The summed E-state index contributed by atoms with van der Waals surface area (Å²) in [5.41, 5.74) is 1.53. The lowest BCUT2D eigenvalue weighted by atomic mass is 9.79. The SMILES string of the molecule is CNC(c1ccccc1)C(C)(C)CN1CCC(CO)CC1. The van der Waals surface area contributed by atoms with Crippen molar-refractivity contribution in [1.29, 1.82) is 0 Å². The summed E-state index contributed by atoms with van der Waals surface area (Å²) >= 11 is 0.